The van der Waals surface area contributed by atoms with E-state index in [1.807, 2.05) is 26.8 Å². The van der Waals surface area contributed by atoms with Crippen LogP contribution in [0.4, 0.5) is 11.6 Å². The highest BCUT2D eigenvalue weighted by Crippen LogP contribution is 2.38. The lowest BCUT2D eigenvalue weighted by atomic mass is 10.3. The number of hydrogen-bond donors (Lipinski definition) is 3. The molecule has 21 heavy (non-hydrogen) atoms. The number of anilines is 2. The van der Waals surface area contributed by atoms with Gasteiger partial charge in [-0.05, 0) is 33.1 Å². The van der Waals surface area contributed by atoms with Gasteiger partial charge in [0.15, 0.2) is 0 Å². The Morgan fingerprint density at radius 3 is 2.67 bits per heavy atom. The standard InChI is InChI=1S/C15H25N5O/c1-4-8-17-15(21)10(3)18-13-9-12(16-5-2)19-14(20-13)11-6-7-11/h9-11H,4-8H2,1-3H3,(H,17,21)(H2,16,18,19,20). The Bertz CT molecular complexity index is 487. The van der Waals surface area contributed by atoms with Gasteiger partial charge in [-0.3, -0.25) is 4.79 Å². The van der Waals surface area contributed by atoms with Gasteiger partial charge in [0.2, 0.25) is 5.91 Å². The van der Waals surface area contributed by atoms with E-state index in [0.29, 0.717) is 18.3 Å². The van der Waals surface area contributed by atoms with Crippen LogP contribution in [0.5, 0.6) is 0 Å². The minimum absolute atomic E-state index is 0.00608. The van der Waals surface area contributed by atoms with Crippen LogP contribution >= 0.6 is 0 Å². The quantitative estimate of drug-likeness (QED) is 0.683. The number of carbonyl (C=O) groups excluding carboxylic acids is 1. The van der Waals surface area contributed by atoms with Crippen LogP contribution in [-0.2, 0) is 4.79 Å². The zero-order chi connectivity index (χ0) is 15.2. The molecular formula is C15H25N5O. The van der Waals surface area contributed by atoms with Crippen molar-refractivity contribution in [3.63, 3.8) is 0 Å². The van der Waals surface area contributed by atoms with Crippen LogP contribution in [0.2, 0.25) is 0 Å². The van der Waals surface area contributed by atoms with Crippen LogP contribution in [-0.4, -0.2) is 35.0 Å². The second-order valence-corrected chi connectivity index (χ2v) is 5.46. The summed E-state index contributed by atoms with van der Waals surface area (Å²) in [4.78, 5) is 21.0. The first kappa shape index (κ1) is 15.5. The molecule has 3 N–H and O–H groups in total. The normalized spacial score (nSPS) is 15.4. The van der Waals surface area contributed by atoms with Gasteiger partial charge in [0.25, 0.3) is 0 Å². The SMILES string of the molecule is CCCNC(=O)C(C)Nc1cc(NCC)nc(C2CC2)n1. The molecule has 1 aliphatic rings. The Kier molecular flexibility index (Phi) is 5.36. The van der Waals surface area contributed by atoms with Crippen molar-refractivity contribution < 1.29 is 4.79 Å². The number of rotatable bonds is 8. The minimum Gasteiger partial charge on any atom is -0.370 e. The van der Waals surface area contributed by atoms with Gasteiger partial charge in [-0.1, -0.05) is 6.92 Å². The molecule has 1 fully saturated rings. The lowest BCUT2D eigenvalue weighted by Gasteiger charge is -2.16. The van der Waals surface area contributed by atoms with Crippen LogP contribution in [0, 0.1) is 0 Å². The van der Waals surface area contributed by atoms with Gasteiger partial charge in [-0.25, -0.2) is 9.97 Å². The highest BCUT2D eigenvalue weighted by atomic mass is 16.2. The van der Waals surface area contributed by atoms with Crippen molar-refractivity contribution in [1.82, 2.24) is 15.3 Å². The first-order valence-corrected chi connectivity index (χ1v) is 7.81. The van der Waals surface area contributed by atoms with Crippen LogP contribution in [0.1, 0.15) is 51.8 Å². The molecule has 0 bridgehead atoms. The topological polar surface area (TPSA) is 78.9 Å². The van der Waals surface area contributed by atoms with Crippen molar-refractivity contribution >= 4 is 17.5 Å². The molecule has 1 atom stereocenters. The molecular weight excluding hydrogens is 266 g/mol. The predicted octanol–water partition coefficient (Wildman–Crippen LogP) is 2.11. The Morgan fingerprint density at radius 2 is 2.05 bits per heavy atom. The van der Waals surface area contributed by atoms with Gasteiger partial charge in [0.1, 0.15) is 23.5 Å². The maximum atomic E-state index is 11.9. The molecule has 1 unspecified atom stereocenters. The van der Waals surface area contributed by atoms with Crippen LogP contribution in [0.15, 0.2) is 6.07 Å². The molecule has 116 valence electrons. The molecule has 1 amide bonds. The molecule has 0 spiro atoms. The lowest BCUT2D eigenvalue weighted by molar-refractivity contribution is -0.121. The van der Waals surface area contributed by atoms with Gasteiger partial charge in [0.05, 0.1) is 0 Å². The maximum Gasteiger partial charge on any atom is 0.242 e. The van der Waals surface area contributed by atoms with E-state index in [1.165, 1.54) is 0 Å². The van der Waals surface area contributed by atoms with Gasteiger partial charge in [-0.15, -0.1) is 0 Å². The van der Waals surface area contributed by atoms with E-state index in [0.717, 1.165) is 37.4 Å². The number of nitrogens with zero attached hydrogens (tertiary/aromatic N) is 2. The van der Waals surface area contributed by atoms with Crippen molar-refractivity contribution in [2.24, 2.45) is 0 Å². The molecule has 2 rings (SSSR count). The number of hydrogen-bond acceptors (Lipinski definition) is 5. The monoisotopic (exact) mass is 291 g/mol. The van der Waals surface area contributed by atoms with Crippen molar-refractivity contribution in [2.75, 3.05) is 23.7 Å². The van der Waals surface area contributed by atoms with Crippen molar-refractivity contribution in [3.8, 4) is 0 Å². The zero-order valence-electron chi connectivity index (χ0n) is 13.1. The zero-order valence-corrected chi connectivity index (χ0v) is 13.1. The van der Waals surface area contributed by atoms with E-state index >= 15 is 0 Å². The summed E-state index contributed by atoms with van der Waals surface area (Å²) in [5, 5.41) is 9.27. The van der Waals surface area contributed by atoms with Crippen molar-refractivity contribution in [1.29, 1.82) is 0 Å². The molecule has 6 nitrogen and oxygen atoms in total. The number of nitrogens with one attached hydrogen (secondary N) is 3. The van der Waals surface area contributed by atoms with Crippen LogP contribution in [0.25, 0.3) is 0 Å². The predicted molar refractivity (Wildman–Crippen MR) is 84.6 cm³/mol. The summed E-state index contributed by atoms with van der Waals surface area (Å²) in [5.74, 6) is 2.87. The summed E-state index contributed by atoms with van der Waals surface area (Å²) in [6, 6.07) is 1.55. The summed E-state index contributed by atoms with van der Waals surface area (Å²) >= 11 is 0. The van der Waals surface area contributed by atoms with E-state index < -0.39 is 0 Å². The van der Waals surface area contributed by atoms with Crippen molar-refractivity contribution in [3.05, 3.63) is 11.9 Å². The second kappa shape index (κ2) is 7.24. The summed E-state index contributed by atoms with van der Waals surface area (Å²) in [5.41, 5.74) is 0. The molecule has 1 saturated carbocycles. The third-order valence-electron chi connectivity index (χ3n) is 3.35. The number of aromatic nitrogens is 2. The molecule has 1 aromatic heterocycles. The molecule has 1 aromatic rings. The summed E-state index contributed by atoms with van der Waals surface area (Å²) in [6.45, 7) is 7.43. The minimum atomic E-state index is -0.312. The van der Waals surface area contributed by atoms with E-state index in [9.17, 15) is 4.79 Å². The average molecular weight is 291 g/mol. The molecule has 6 heteroatoms. The first-order valence-electron chi connectivity index (χ1n) is 7.81. The Balaban J connectivity index is 2.05. The van der Waals surface area contributed by atoms with E-state index in [-0.39, 0.29) is 11.9 Å². The van der Waals surface area contributed by atoms with Gasteiger partial charge in [-0.2, -0.15) is 0 Å². The highest BCUT2D eigenvalue weighted by molar-refractivity contribution is 5.83. The Morgan fingerprint density at radius 1 is 1.33 bits per heavy atom. The number of amides is 1. The lowest BCUT2D eigenvalue weighted by Crippen LogP contribution is -2.38. The summed E-state index contributed by atoms with van der Waals surface area (Å²) in [6.07, 6.45) is 3.24. The Hall–Kier alpha value is -1.85. The average Bonchev–Trinajstić information content (AvgIpc) is 3.29. The van der Waals surface area contributed by atoms with Gasteiger partial charge < -0.3 is 16.0 Å². The smallest absolute Gasteiger partial charge is 0.242 e. The molecule has 0 radical (unpaired) electrons. The molecule has 1 aliphatic carbocycles. The number of carbonyl (C=O) groups is 1. The van der Waals surface area contributed by atoms with Crippen molar-refractivity contribution in [2.45, 2.75) is 52.0 Å². The second-order valence-electron chi connectivity index (χ2n) is 5.46. The van der Waals surface area contributed by atoms with E-state index in [4.69, 9.17) is 0 Å². The highest BCUT2D eigenvalue weighted by Gasteiger charge is 2.27. The first-order chi connectivity index (χ1) is 10.1. The molecule has 1 heterocycles. The third kappa shape index (κ3) is 4.58. The fraction of sp³-hybridized carbons (Fsp3) is 0.667. The fourth-order valence-electron chi connectivity index (χ4n) is 2.02. The molecule has 0 aliphatic heterocycles. The maximum absolute atomic E-state index is 11.9. The molecule has 0 aromatic carbocycles. The van der Waals surface area contributed by atoms with E-state index in [1.54, 1.807) is 0 Å². The van der Waals surface area contributed by atoms with Crippen LogP contribution in [0.3, 0.4) is 0 Å². The van der Waals surface area contributed by atoms with Gasteiger partial charge in [0, 0.05) is 25.1 Å². The van der Waals surface area contributed by atoms with Gasteiger partial charge >= 0.3 is 0 Å². The summed E-state index contributed by atoms with van der Waals surface area (Å²) < 4.78 is 0. The third-order valence-corrected chi connectivity index (χ3v) is 3.35. The summed E-state index contributed by atoms with van der Waals surface area (Å²) in [7, 11) is 0. The molecule has 0 saturated heterocycles. The van der Waals surface area contributed by atoms with E-state index in [2.05, 4.69) is 25.9 Å². The van der Waals surface area contributed by atoms with Crippen LogP contribution < -0.4 is 16.0 Å². The Labute approximate surface area is 126 Å². The fourth-order valence-corrected chi connectivity index (χ4v) is 2.02. The largest absolute Gasteiger partial charge is 0.370 e.